The Morgan fingerprint density at radius 3 is 1.10 bits per heavy atom. The molecule has 0 fully saturated rings. The molecule has 0 saturated carbocycles. The summed E-state index contributed by atoms with van der Waals surface area (Å²) in [5, 5.41) is 15.4. The lowest BCUT2D eigenvalue weighted by molar-refractivity contribution is -0.714. The Hall–Kier alpha value is -1.02. The van der Waals surface area contributed by atoms with Crippen LogP contribution >= 0.6 is 23.7 Å². The Bertz CT molecular complexity index is 98.3. The van der Waals surface area contributed by atoms with Crippen LogP contribution in [-0.4, -0.2) is 10.2 Å². The van der Waals surface area contributed by atoms with E-state index < -0.39 is 10.2 Å². The molecule has 0 atom stereocenters. The minimum atomic E-state index is -1.11. The summed E-state index contributed by atoms with van der Waals surface area (Å²) in [4.78, 5) is 17.6. The third-order valence-electron chi connectivity index (χ3n) is 0.113. The van der Waals surface area contributed by atoms with Gasteiger partial charge in [-0.15, -0.1) is 20.2 Å². The second kappa shape index (κ2) is 7.98. The van der Waals surface area contributed by atoms with Crippen molar-refractivity contribution < 1.29 is 19.0 Å². The molecule has 0 spiro atoms. The highest BCUT2D eigenvalue weighted by molar-refractivity contribution is 6.06. The van der Waals surface area contributed by atoms with Crippen molar-refractivity contribution in [2.45, 2.75) is 0 Å². The standard InChI is InChI=1S/2ClNO3/c2*1-5-2(3)4. The van der Waals surface area contributed by atoms with Crippen molar-refractivity contribution in [1.82, 2.24) is 0 Å². The van der Waals surface area contributed by atoms with Crippen molar-refractivity contribution >= 4 is 23.7 Å². The molecule has 0 aromatic rings. The van der Waals surface area contributed by atoms with E-state index in [0.29, 0.717) is 0 Å². The van der Waals surface area contributed by atoms with Crippen molar-refractivity contribution in [1.29, 1.82) is 0 Å². The van der Waals surface area contributed by atoms with Crippen LogP contribution < -0.4 is 0 Å². The Balaban J connectivity index is 0. The van der Waals surface area contributed by atoms with Crippen LogP contribution in [0.2, 0.25) is 0 Å². The monoisotopic (exact) mass is 194 g/mol. The zero-order chi connectivity index (χ0) is 8.57. The summed E-state index contributed by atoms with van der Waals surface area (Å²) in [7, 11) is 0. The van der Waals surface area contributed by atoms with E-state index in [4.69, 9.17) is 20.2 Å². The average molecular weight is 195 g/mol. The van der Waals surface area contributed by atoms with Crippen LogP contribution in [0.1, 0.15) is 0 Å². The van der Waals surface area contributed by atoms with Gasteiger partial charge in [-0.3, -0.25) is 0 Å². The van der Waals surface area contributed by atoms with Crippen molar-refractivity contribution in [3.63, 3.8) is 0 Å². The molecular formula is Cl2N2O6. The summed E-state index contributed by atoms with van der Waals surface area (Å²) in [6.07, 6.45) is 0. The summed E-state index contributed by atoms with van der Waals surface area (Å²) < 4.78 is 5.89. The van der Waals surface area contributed by atoms with Crippen LogP contribution in [0, 0.1) is 20.2 Å². The molecule has 0 amide bonds. The molecule has 0 aliphatic heterocycles. The Labute approximate surface area is 63.8 Å². The molecule has 0 radical (unpaired) electrons. The molecule has 0 rings (SSSR count). The van der Waals surface area contributed by atoms with E-state index in [1.807, 2.05) is 0 Å². The molecule has 0 unspecified atom stereocenters. The highest BCUT2D eigenvalue weighted by Gasteiger charge is 1.81. The third-order valence-corrected chi connectivity index (χ3v) is 0.338. The Morgan fingerprint density at radius 2 is 1.10 bits per heavy atom. The van der Waals surface area contributed by atoms with Crippen LogP contribution in [0.25, 0.3) is 0 Å². The van der Waals surface area contributed by atoms with Gasteiger partial charge in [0.1, 0.15) is 23.7 Å². The predicted octanol–water partition coefficient (Wildman–Crippen LogP) is 0.697. The SMILES string of the molecule is O=[N+]([O-])OCl.O=[N+]([O-])OCl. The molecule has 10 heavy (non-hydrogen) atoms. The lowest BCUT2D eigenvalue weighted by Gasteiger charge is -1.69. The van der Waals surface area contributed by atoms with Gasteiger partial charge in [0.2, 0.25) is 0 Å². The molecular weight excluding hydrogens is 195 g/mol. The third kappa shape index (κ3) is 28.1. The van der Waals surface area contributed by atoms with E-state index >= 15 is 0 Å². The number of nitrogens with zero attached hydrogens (tertiary/aromatic N) is 2. The normalized spacial score (nSPS) is 6.60. The highest BCUT2D eigenvalue weighted by Crippen LogP contribution is 1.74. The van der Waals surface area contributed by atoms with Crippen molar-refractivity contribution in [2.24, 2.45) is 0 Å². The molecule has 60 valence electrons. The second-order valence-electron chi connectivity index (χ2n) is 0.585. The molecule has 0 bridgehead atoms. The predicted molar refractivity (Wildman–Crippen MR) is 27.9 cm³/mol. The van der Waals surface area contributed by atoms with Gasteiger partial charge in [-0.25, -0.2) is 0 Å². The van der Waals surface area contributed by atoms with Gasteiger partial charge in [0, 0.05) is 0 Å². The molecule has 0 saturated heterocycles. The molecule has 0 aromatic carbocycles. The quantitative estimate of drug-likeness (QED) is 0.474. The zero-order valence-electron chi connectivity index (χ0n) is 4.10. The first kappa shape index (κ1) is 11.7. The van der Waals surface area contributed by atoms with Crippen LogP contribution in [0.5, 0.6) is 0 Å². The minimum absolute atomic E-state index is 1.11. The van der Waals surface area contributed by atoms with Crippen LogP contribution in [0.15, 0.2) is 0 Å². The van der Waals surface area contributed by atoms with Gasteiger partial charge in [0.25, 0.3) is 0 Å². The van der Waals surface area contributed by atoms with Gasteiger partial charge >= 0.3 is 10.2 Å². The second-order valence-corrected chi connectivity index (χ2v) is 0.861. The highest BCUT2D eigenvalue weighted by atomic mass is 35.5. The van der Waals surface area contributed by atoms with Crippen molar-refractivity contribution in [3.05, 3.63) is 20.2 Å². The number of hydrogen-bond donors (Lipinski definition) is 0. The van der Waals surface area contributed by atoms with Crippen LogP contribution in [0.4, 0.5) is 0 Å². The van der Waals surface area contributed by atoms with E-state index in [9.17, 15) is 0 Å². The Morgan fingerprint density at radius 1 is 1.00 bits per heavy atom. The largest absolute Gasteiger partial charge is 0.311 e. The summed E-state index contributed by atoms with van der Waals surface area (Å²) in [5.74, 6) is 0. The van der Waals surface area contributed by atoms with E-state index in [-0.39, 0.29) is 0 Å². The average Bonchev–Trinajstić information content (AvgIpc) is 1.89. The fraction of sp³-hybridized carbons (Fsp3) is 0. The number of hydrogen-bond acceptors (Lipinski definition) is 6. The van der Waals surface area contributed by atoms with Gasteiger partial charge in [0.05, 0.1) is 0 Å². The molecule has 0 N–H and O–H groups in total. The molecule has 10 heteroatoms. The van der Waals surface area contributed by atoms with E-state index in [1.165, 1.54) is 0 Å². The minimum Gasteiger partial charge on any atom is -0.199 e. The van der Waals surface area contributed by atoms with Gasteiger partial charge in [-0.2, -0.15) is 8.78 Å². The molecule has 0 heterocycles. The van der Waals surface area contributed by atoms with E-state index in [1.54, 1.807) is 0 Å². The molecule has 0 aliphatic rings. The lowest BCUT2D eigenvalue weighted by Crippen LogP contribution is -1.85. The molecule has 0 aliphatic carbocycles. The topological polar surface area (TPSA) is 105 Å². The smallest absolute Gasteiger partial charge is 0.199 e. The van der Waals surface area contributed by atoms with Crippen LogP contribution in [-0.2, 0) is 8.78 Å². The van der Waals surface area contributed by atoms with Crippen LogP contribution in [0.3, 0.4) is 0 Å². The fourth-order valence-electron chi connectivity index (χ4n) is 0. The number of rotatable bonds is 2. The van der Waals surface area contributed by atoms with Gasteiger partial charge in [0.15, 0.2) is 0 Å². The fourth-order valence-corrected chi connectivity index (χ4v) is 0. The Kier molecular flexibility index (Phi) is 9.37. The van der Waals surface area contributed by atoms with Gasteiger partial charge in [-0.1, -0.05) is 0 Å². The maximum Gasteiger partial charge on any atom is 0.311 e. The lowest BCUT2D eigenvalue weighted by atomic mass is 13.1. The maximum atomic E-state index is 8.82. The molecule has 8 nitrogen and oxygen atoms in total. The van der Waals surface area contributed by atoms with E-state index in [2.05, 4.69) is 32.5 Å². The zero-order valence-corrected chi connectivity index (χ0v) is 5.61. The number of halogens is 2. The first-order chi connectivity index (χ1) is 4.54. The summed E-state index contributed by atoms with van der Waals surface area (Å²) in [6, 6.07) is 0. The summed E-state index contributed by atoms with van der Waals surface area (Å²) in [5.41, 5.74) is 0. The summed E-state index contributed by atoms with van der Waals surface area (Å²) in [6.45, 7) is 0. The van der Waals surface area contributed by atoms with Crippen molar-refractivity contribution in [3.8, 4) is 0 Å². The van der Waals surface area contributed by atoms with Gasteiger partial charge in [-0.05, 0) is 0 Å². The van der Waals surface area contributed by atoms with Crippen molar-refractivity contribution in [2.75, 3.05) is 0 Å². The molecule has 0 aromatic heterocycles. The summed E-state index contributed by atoms with van der Waals surface area (Å²) >= 11 is 8.27. The first-order valence-electron chi connectivity index (χ1n) is 1.40. The first-order valence-corrected chi connectivity index (χ1v) is 2.02. The van der Waals surface area contributed by atoms with Gasteiger partial charge < -0.3 is 0 Å². The maximum absolute atomic E-state index is 8.82. The van der Waals surface area contributed by atoms with E-state index in [0.717, 1.165) is 0 Å².